The van der Waals surface area contributed by atoms with Crippen molar-refractivity contribution in [3.8, 4) is 0 Å². The third-order valence-electron chi connectivity index (χ3n) is 3.16. The van der Waals surface area contributed by atoms with Crippen LogP contribution in [0.25, 0.3) is 0 Å². The Morgan fingerprint density at radius 2 is 1.87 bits per heavy atom. The second-order valence-electron chi connectivity index (χ2n) is 5.87. The van der Waals surface area contributed by atoms with Gasteiger partial charge in [-0.15, -0.1) is 0 Å². The molecule has 0 saturated carbocycles. The van der Waals surface area contributed by atoms with Gasteiger partial charge in [-0.1, -0.05) is 32.0 Å². The first-order chi connectivity index (χ1) is 10.8. The topological polar surface area (TPSA) is 73.8 Å². The van der Waals surface area contributed by atoms with Crippen LogP contribution in [0.5, 0.6) is 0 Å². The van der Waals surface area contributed by atoms with Crippen LogP contribution in [0.2, 0.25) is 0 Å². The third-order valence-corrected chi connectivity index (χ3v) is 5.08. The van der Waals surface area contributed by atoms with Crippen LogP contribution in [0, 0.1) is 5.92 Å². The van der Waals surface area contributed by atoms with Gasteiger partial charge in [0.05, 0.1) is 11.4 Å². The first kappa shape index (κ1) is 19.4. The van der Waals surface area contributed by atoms with Crippen molar-refractivity contribution >= 4 is 16.0 Å². The molecule has 7 heteroatoms. The summed E-state index contributed by atoms with van der Waals surface area (Å²) in [5.41, 5.74) is 0.683. The smallest absolute Gasteiger partial charge is 0.242 e. The molecular formula is C16H28N4O2S. The van der Waals surface area contributed by atoms with E-state index in [0.29, 0.717) is 28.9 Å². The van der Waals surface area contributed by atoms with E-state index in [-0.39, 0.29) is 0 Å². The predicted octanol–water partition coefficient (Wildman–Crippen LogP) is 1.65. The van der Waals surface area contributed by atoms with E-state index in [0.717, 1.165) is 13.1 Å². The molecule has 0 fully saturated rings. The highest BCUT2D eigenvalue weighted by atomic mass is 32.2. The molecule has 0 aromatic heterocycles. The number of nitrogens with one attached hydrogen (secondary N) is 2. The van der Waals surface area contributed by atoms with Crippen molar-refractivity contribution in [1.82, 2.24) is 14.9 Å². The Hall–Kier alpha value is -1.60. The fraction of sp³-hybridized carbons (Fsp3) is 0.562. The minimum atomic E-state index is -3.47. The largest absolute Gasteiger partial charge is 0.357 e. The second-order valence-corrected chi connectivity index (χ2v) is 7.99. The van der Waals surface area contributed by atoms with Gasteiger partial charge in [0.25, 0.3) is 0 Å². The second kappa shape index (κ2) is 8.88. The minimum absolute atomic E-state index is 0.299. The van der Waals surface area contributed by atoms with Crippen molar-refractivity contribution in [2.75, 3.05) is 27.2 Å². The van der Waals surface area contributed by atoms with Gasteiger partial charge in [0, 0.05) is 27.2 Å². The first-order valence-electron chi connectivity index (χ1n) is 7.81. The fourth-order valence-electron chi connectivity index (χ4n) is 1.89. The summed E-state index contributed by atoms with van der Waals surface area (Å²) in [6.07, 6.45) is 0. The van der Waals surface area contributed by atoms with Crippen LogP contribution in [0.4, 0.5) is 0 Å². The molecule has 0 spiro atoms. The van der Waals surface area contributed by atoms with E-state index in [1.807, 2.05) is 13.0 Å². The lowest BCUT2D eigenvalue weighted by atomic mass is 10.2. The summed E-state index contributed by atoms with van der Waals surface area (Å²) in [7, 11) is -0.407. The Balaban J connectivity index is 3.01. The Labute approximate surface area is 140 Å². The zero-order valence-corrected chi connectivity index (χ0v) is 15.4. The van der Waals surface area contributed by atoms with Gasteiger partial charge in [-0.05, 0) is 24.5 Å². The normalized spacial score (nSPS) is 12.7. The summed E-state index contributed by atoms with van der Waals surface area (Å²) in [6, 6.07) is 6.97. The molecule has 6 nitrogen and oxygen atoms in total. The zero-order chi connectivity index (χ0) is 17.5. The van der Waals surface area contributed by atoms with Crippen LogP contribution in [0.15, 0.2) is 34.2 Å². The molecule has 0 aliphatic heterocycles. The maximum absolute atomic E-state index is 12.4. The Morgan fingerprint density at radius 3 is 2.43 bits per heavy atom. The molecule has 1 aromatic rings. The summed E-state index contributed by atoms with van der Waals surface area (Å²) in [4.78, 5) is 4.80. The van der Waals surface area contributed by atoms with E-state index in [1.165, 1.54) is 18.4 Å². The van der Waals surface area contributed by atoms with Gasteiger partial charge in [0.1, 0.15) is 0 Å². The molecule has 1 aromatic carbocycles. The molecule has 130 valence electrons. The SMILES string of the molecule is CCNC(=NCc1ccccc1S(=O)(=O)N(C)C)NCC(C)C. The number of sulfonamides is 1. The average molecular weight is 340 g/mol. The van der Waals surface area contributed by atoms with E-state index in [2.05, 4.69) is 29.5 Å². The quantitative estimate of drug-likeness (QED) is 0.585. The summed E-state index contributed by atoms with van der Waals surface area (Å²) in [5, 5.41) is 6.42. The number of hydrogen-bond acceptors (Lipinski definition) is 3. The van der Waals surface area contributed by atoms with E-state index >= 15 is 0 Å². The van der Waals surface area contributed by atoms with Crippen LogP contribution in [-0.4, -0.2) is 45.9 Å². The maximum Gasteiger partial charge on any atom is 0.242 e. The molecule has 0 saturated heterocycles. The number of aliphatic imine (C=N–C) groups is 1. The molecule has 23 heavy (non-hydrogen) atoms. The lowest BCUT2D eigenvalue weighted by molar-refractivity contribution is 0.519. The van der Waals surface area contributed by atoms with Crippen molar-refractivity contribution in [2.24, 2.45) is 10.9 Å². The summed E-state index contributed by atoms with van der Waals surface area (Å²) < 4.78 is 26.0. The van der Waals surface area contributed by atoms with Gasteiger partial charge in [0.15, 0.2) is 5.96 Å². The van der Waals surface area contributed by atoms with E-state index in [9.17, 15) is 8.42 Å². The fourth-order valence-corrected chi connectivity index (χ4v) is 3.00. The highest BCUT2D eigenvalue weighted by Crippen LogP contribution is 2.19. The lowest BCUT2D eigenvalue weighted by Gasteiger charge is -2.15. The van der Waals surface area contributed by atoms with Crippen molar-refractivity contribution < 1.29 is 8.42 Å². The zero-order valence-electron chi connectivity index (χ0n) is 14.6. The average Bonchev–Trinajstić information content (AvgIpc) is 2.50. The monoisotopic (exact) mass is 340 g/mol. The molecule has 0 radical (unpaired) electrons. The van der Waals surface area contributed by atoms with E-state index in [1.54, 1.807) is 18.2 Å². The highest BCUT2D eigenvalue weighted by molar-refractivity contribution is 7.89. The Kier molecular flexibility index (Phi) is 7.51. The van der Waals surface area contributed by atoms with Crippen molar-refractivity contribution in [1.29, 1.82) is 0 Å². The van der Waals surface area contributed by atoms with Crippen LogP contribution < -0.4 is 10.6 Å². The standard InChI is InChI=1S/C16H28N4O2S/c1-6-17-16(18-11-13(2)3)19-12-14-9-7-8-10-15(14)23(21,22)20(4)5/h7-10,13H,6,11-12H2,1-5H3,(H2,17,18,19). The van der Waals surface area contributed by atoms with Crippen LogP contribution in [-0.2, 0) is 16.6 Å². The molecule has 0 atom stereocenters. The molecule has 2 N–H and O–H groups in total. The molecule has 0 aliphatic rings. The van der Waals surface area contributed by atoms with Gasteiger partial charge in [0.2, 0.25) is 10.0 Å². The van der Waals surface area contributed by atoms with Crippen LogP contribution in [0.1, 0.15) is 26.3 Å². The Bertz CT molecular complexity index is 625. The first-order valence-corrected chi connectivity index (χ1v) is 9.25. The molecule has 0 amide bonds. The highest BCUT2D eigenvalue weighted by Gasteiger charge is 2.20. The maximum atomic E-state index is 12.4. The molecule has 0 bridgehead atoms. The lowest BCUT2D eigenvalue weighted by Crippen LogP contribution is -2.39. The number of guanidine groups is 1. The van der Waals surface area contributed by atoms with E-state index < -0.39 is 10.0 Å². The molecule has 0 aliphatic carbocycles. The summed E-state index contributed by atoms with van der Waals surface area (Å²) in [6.45, 7) is 8.10. The number of hydrogen-bond donors (Lipinski definition) is 2. The number of rotatable bonds is 7. The van der Waals surface area contributed by atoms with Crippen LogP contribution >= 0.6 is 0 Å². The van der Waals surface area contributed by atoms with Gasteiger partial charge in [-0.2, -0.15) is 0 Å². The molecular weight excluding hydrogens is 312 g/mol. The number of benzene rings is 1. The van der Waals surface area contributed by atoms with Gasteiger partial charge < -0.3 is 10.6 Å². The number of nitrogens with zero attached hydrogens (tertiary/aromatic N) is 2. The van der Waals surface area contributed by atoms with Gasteiger partial charge in [-0.25, -0.2) is 17.7 Å². The predicted molar refractivity (Wildman–Crippen MR) is 95.0 cm³/mol. The summed E-state index contributed by atoms with van der Waals surface area (Å²) >= 11 is 0. The molecule has 0 unspecified atom stereocenters. The van der Waals surface area contributed by atoms with Crippen molar-refractivity contribution in [2.45, 2.75) is 32.2 Å². The van der Waals surface area contributed by atoms with Crippen molar-refractivity contribution in [3.63, 3.8) is 0 Å². The van der Waals surface area contributed by atoms with Crippen molar-refractivity contribution in [3.05, 3.63) is 29.8 Å². The van der Waals surface area contributed by atoms with Gasteiger partial charge >= 0.3 is 0 Å². The summed E-state index contributed by atoms with van der Waals surface area (Å²) in [5.74, 6) is 1.19. The molecule has 0 heterocycles. The third kappa shape index (κ3) is 5.84. The molecule has 1 rings (SSSR count). The minimum Gasteiger partial charge on any atom is -0.357 e. The van der Waals surface area contributed by atoms with Crippen LogP contribution in [0.3, 0.4) is 0 Å². The Morgan fingerprint density at radius 1 is 1.22 bits per heavy atom. The van der Waals surface area contributed by atoms with Gasteiger partial charge in [-0.3, -0.25) is 0 Å². The van der Waals surface area contributed by atoms with E-state index in [4.69, 9.17) is 0 Å².